The van der Waals surface area contributed by atoms with Gasteiger partial charge in [0.15, 0.2) is 5.13 Å². The lowest BCUT2D eigenvalue weighted by atomic mass is 9.98. The van der Waals surface area contributed by atoms with Gasteiger partial charge in [0, 0.05) is 11.8 Å². The normalized spacial score (nSPS) is 17.6. The van der Waals surface area contributed by atoms with Crippen LogP contribution in [0.1, 0.15) is 22.9 Å². The third-order valence-corrected chi connectivity index (χ3v) is 6.58. The van der Waals surface area contributed by atoms with Crippen molar-refractivity contribution in [2.75, 3.05) is 12.0 Å². The molecule has 1 N–H and O–H groups in total. The molecule has 1 aliphatic rings. The zero-order chi connectivity index (χ0) is 23.1. The Labute approximate surface area is 193 Å². The largest absolute Gasteiger partial charge is 0.507 e. The van der Waals surface area contributed by atoms with Crippen LogP contribution in [0.15, 0.2) is 72.4 Å². The summed E-state index contributed by atoms with van der Waals surface area (Å²) in [6.07, 6.45) is 1.59. The summed E-state index contributed by atoms with van der Waals surface area (Å²) >= 11 is 1.28. The number of aryl methyl sites for hydroxylation is 1. The number of thiazole rings is 1. The number of carbonyl (C=O) groups is 2. The van der Waals surface area contributed by atoms with Gasteiger partial charge in [0.2, 0.25) is 0 Å². The summed E-state index contributed by atoms with van der Waals surface area (Å²) in [7, 11) is 1.60. The van der Waals surface area contributed by atoms with Gasteiger partial charge < -0.3 is 9.84 Å². The van der Waals surface area contributed by atoms with Gasteiger partial charge in [-0.15, -0.1) is 0 Å². The van der Waals surface area contributed by atoms with Gasteiger partial charge in [-0.2, -0.15) is 0 Å². The fraction of sp³-hybridized carbons (Fsp3) is 0.120. The van der Waals surface area contributed by atoms with Crippen molar-refractivity contribution < 1.29 is 19.4 Å². The Morgan fingerprint density at radius 1 is 1.09 bits per heavy atom. The van der Waals surface area contributed by atoms with E-state index in [2.05, 4.69) is 9.97 Å². The molecule has 1 atom stereocenters. The van der Waals surface area contributed by atoms with Crippen LogP contribution < -0.4 is 9.64 Å². The van der Waals surface area contributed by atoms with Crippen molar-refractivity contribution in [3.8, 4) is 5.75 Å². The Balaban J connectivity index is 1.72. The molecule has 164 valence electrons. The van der Waals surface area contributed by atoms with Crippen LogP contribution in [-0.4, -0.2) is 33.9 Å². The molecule has 1 saturated heterocycles. The van der Waals surface area contributed by atoms with Gasteiger partial charge >= 0.3 is 5.91 Å². The summed E-state index contributed by atoms with van der Waals surface area (Å²) in [5, 5.41) is 11.4. The monoisotopic (exact) mass is 457 g/mol. The Morgan fingerprint density at radius 2 is 1.85 bits per heavy atom. The summed E-state index contributed by atoms with van der Waals surface area (Å²) < 4.78 is 6.22. The number of carbonyl (C=O) groups excluding carboxylic acids is 2. The molecule has 3 heterocycles. The number of amides is 1. The molecule has 1 unspecified atom stereocenters. The Hall–Kier alpha value is -4.04. The van der Waals surface area contributed by atoms with Crippen LogP contribution in [0.2, 0.25) is 0 Å². The fourth-order valence-corrected chi connectivity index (χ4v) is 4.97. The molecule has 0 saturated carbocycles. The predicted molar refractivity (Wildman–Crippen MR) is 126 cm³/mol. The summed E-state index contributed by atoms with van der Waals surface area (Å²) in [4.78, 5) is 36.8. The molecule has 33 heavy (non-hydrogen) atoms. The van der Waals surface area contributed by atoms with Crippen LogP contribution in [0, 0.1) is 6.92 Å². The van der Waals surface area contributed by atoms with Crippen molar-refractivity contribution in [2.24, 2.45) is 0 Å². The minimum Gasteiger partial charge on any atom is -0.507 e. The highest BCUT2D eigenvalue weighted by Gasteiger charge is 2.48. The number of methoxy groups -OCH3 is 1. The Bertz CT molecular complexity index is 1410. The lowest BCUT2D eigenvalue weighted by Crippen LogP contribution is -2.29. The lowest BCUT2D eigenvalue weighted by molar-refractivity contribution is -0.132. The van der Waals surface area contributed by atoms with E-state index in [1.54, 1.807) is 55.8 Å². The number of rotatable bonds is 4. The second kappa shape index (κ2) is 8.14. The molecule has 0 bridgehead atoms. The Morgan fingerprint density at radius 3 is 2.55 bits per heavy atom. The SMILES string of the molecule is COc1cc2sc(N3C(=O)C(=O)/C(=C(/O)c4ccccc4)C3c3ccccn3)nc2cc1C. The van der Waals surface area contributed by atoms with E-state index in [1.807, 2.05) is 25.1 Å². The molecular weight excluding hydrogens is 438 g/mol. The van der Waals surface area contributed by atoms with Crippen LogP contribution in [0.5, 0.6) is 5.75 Å². The van der Waals surface area contributed by atoms with Gasteiger partial charge in [-0.05, 0) is 36.8 Å². The van der Waals surface area contributed by atoms with E-state index in [1.165, 1.54) is 16.2 Å². The van der Waals surface area contributed by atoms with Crippen molar-refractivity contribution in [2.45, 2.75) is 13.0 Å². The maximum atomic E-state index is 13.2. The van der Waals surface area contributed by atoms with Crippen LogP contribution in [0.4, 0.5) is 5.13 Å². The topological polar surface area (TPSA) is 92.6 Å². The lowest BCUT2D eigenvalue weighted by Gasteiger charge is -2.21. The van der Waals surface area contributed by atoms with Crippen molar-refractivity contribution in [1.82, 2.24) is 9.97 Å². The van der Waals surface area contributed by atoms with Crippen molar-refractivity contribution in [1.29, 1.82) is 0 Å². The number of aromatic nitrogens is 2. The second-order valence-electron chi connectivity index (χ2n) is 7.58. The molecule has 1 aliphatic heterocycles. The highest BCUT2D eigenvalue weighted by atomic mass is 32.1. The molecule has 2 aromatic carbocycles. The highest BCUT2D eigenvalue weighted by Crippen LogP contribution is 2.44. The van der Waals surface area contributed by atoms with Crippen LogP contribution in [0.3, 0.4) is 0 Å². The number of aliphatic hydroxyl groups excluding tert-OH is 1. The third kappa shape index (κ3) is 3.44. The highest BCUT2D eigenvalue weighted by molar-refractivity contribution is 7.22. The molecule has 0 radical (unpaired) electrons. The number of aliphatic hydroxyl groups is 1. The smallest absolute Gasteiger partial charge is 0.301 e. The first-order valence-corrected chi connectivity index (χ1v) is 11.0. The van der Waals surface area contributed by atoms with Crippen molar-refractivity contribution in [3.63, 3.8) is 0 Å². The van der Waals surface area contributed by atoms with E-state index in [-0.39, 0.29) is 11.3 Å². The maximum Gasteiger partial charge on any atom is 0.301 e. The van der Waals surface area contributed by atoms with E-state index >= 15 is 0 Å². The van der Waals surface area contributed by atoms with Crippen molar-refractivity contribution >= 4 is 44.1 Å². The standard InChI is InChI=1S/C25H19N3O4S/c1-14-12-17-19(13-18(14)32-2)33-25(27-17)28-21(16-10-6-7-11-26-16)20(23(30)24(28)31)22(29)15-8-4-3-5-9-15/h3-13,21,29H,1-2H3/b22-20+. The van der Waals surface area contributed by atoms with Gasteiger partial charge in [-0.3, -0.25) is 19.5 Å². The van der Waals surface area contributed by atoms with Gasteiger partial charge in [0.25, 0.3) is 5.78 Å². The molecule has 4 aromatic rings. The van der Waals surface area contributed by atoms with Crippen LogP contribution >= 0.6 is 11.3 Å². The molecule has 1 amide bonds. The molecule has 0 aliphatic carbocycles. The zero-order valence-electron chi connectivity index (χ0n) is 17.9. The number of benzene rings is 2. The number of hydrogen-bond donors (Lipinski definition) is 1. The molecule has 7 nitrogen and oxygen atoms in total. The van der Waals surface area contributed by atoms with Crippen LogP contribution in [0.25, 0.3) is 16.0 Å². The van der Waals surface area contributed by atoms with E-state index in [0.29, 0.717) is 27.7 Å². The number of Topliss-reactive ketones (excluding diaryl/α,β-unsaturated/α-hetero) is 1. The zero-order valence-corrected chi connectivity index (χ0v) is 18.7. The predicted octanol–water partition coefficient (Wildman–Crippen LogP) is 4.63. The van der Waals surface area contributed by atoms with E-state index in [0.717, 1.165) is 10.3 Å². The third-order valence-electron chi connectivity index (χ3n) is 5.56. The van der Waals surface area contributed by atoms with Gasteiger partial charge in [0.1, 0.15) is 17.6 Å². The molecule has 2 aromatic heterocycles. The van der Waals surface area contributed by atoms with E-state index in [4.69, 9.17) is 4.74 Å². The van der Waals surface area contributed by atoms with E-state index in [9.17, 15) is 14.7 Å². The summed E-state index contributed by atoms with van der Waals surface area (Å²) in [6.45, 7) is 1.91. The minimum absolute atomic E-state index is 0.0158. The molecular formula is C25H19N3O4S. The maximum absolute atomic E-state index is 13.2. The number of pyridine rings is 1. The quantitative estimate of drug-likeness (QED) is 0.273. The number of hydrogen-bond acceptors (Lipinski definition) is 7. The Kier molecular flexibility index (Phi) is 5.14. The first kappa shape index (κ1) is 20.8. The van der Waals surface area contributed by atoms with Gasteiger partial charge in [-0.25, -0.2) is 4.98 Å². The summed E-state index contributed by atoms with van der Waals surface area (Å²) in [5.74, 6) is -1.07. The first-order valence-electron chi connectivity index (χ1n) is 10.2. The molecule has 5 rings (SSSR count). The summed E-state index contributed by atoms with van der Waals surface area (Å²) in [6, 6.07) is 16.8. The average molecular weight is 458 g/mol. The first-order chi connectivity index (χ1) is 16.0. The van der Waals surface area contributed by atoms with Crippen molar-refractivity contribution in [3.05, 3.63) is 89.3 Å². The summed E-state index contributed by atoms with van der Waals surface area (Å²) in [5.41, 5.74) is 2.49. The number of ether oxygens (including phenoxy) is 1. The second-order valence-corrected chi connectivity index (χ2v) is 8.58. The minimum atomic E-state index is -0.907. The average Bonchev–Trinajstić information content (AvgIpc) is 3.36. The number of anilines is 1. The molecule has 0 spiro atoms. The van der Waals surface area contributed by atoms with Gasteiger partial charge in [0.05, 0.1) is 28.6 Å². The van der Waals surface area contributed by atoms with E-state index < -0.39 is 17.7 Å². The molecule has 8 heteroatoms. The van der Waals surface area contributed by atoms with Gasteiger partial charge in [-0.1, -0.05) is 47.7 Å². The fourth-order valence-electron chi connectivity index (χ4n) is 3.97. The number of ketones is 1. The number of nitrogens with zero attached hydrogens (tertiary/aromatic N) is 3. The van der Waals surface area contributed by atoms with Crippen LogP contribution in [-0.2, 0) is 9.59 Å². The number of fused-ring (bicyclic) bond motifs is 1. The molecule has 1 fully saturated rings.